The highest BCUT2D eigenvalue weighted by atomic mass is 16.7. The van der Waals surface area contributed by atoms with E-state index >= 15 is 0 Å². The fourth-order valence-corrected chi connectivity index (χ4v) is 1.53. The zero-order valence-electron chi connectivity index (χ0n) is 11.8. The Morgan fingerprint density at radius 2 is 1.83 bits per heavy atom. The van der Waals surface area contributed by atoms with Gasteiger partial charge < -0.3 is 9.47 Å². The maximum atomic E-state index is 11.7. The first-order valence-electron chi connectivity index (χ1n) is 6.25. The zero-order valence-corrected chi connectivity index (χ0v) is 11.8. The molecule has 0 amide bonds. The van der Waals surface area contributed by atoms with Crippen LogP contribution in [0, 0.1) is 0 Å². The number of benzene rings is 1. The minimum Gasteiger partial charge on any atom is -0.432 e. The maximum absolute atomic E-state index is 11.7. The van der Waals surface area contributed by atoms with E-state index in [2.05, 4.69) is 20.8 Å². The van der Waals surface area contributed by atoms with E-state index in [1.165, 1.54) is 12.7 Å². The van der Waals surface area contributed by atoms with Crippen LogP contribution in [0.25, 0.3) is 0 Å². The molecule has 18 heavy (non-hydrogen) atoms. The van der Waals surface area contributed by atoms with Crippen LogP contribution in [0.15, 0.2) is 24.3 Å². The van der Waals surface area contributed by atoms with Gasteiger partial charge in [0.1, 0.15) is 0 Å². The minimum absolute atomic E-state index is 0.127. The van der Waals surface area contributed by atoms with Crippen LogP contribution in [0.1, 0.15) is 50.0 Å². The number of rotatable bonds is 5. The van der Waals surface area contributed by atoms with Gasteiger partial charge in [-0.1, -0.05) is 32.9 Å². The van der Waals surface area contributed by atoms with Crippen molar-refractivity contribution in [2.24, 2.45) is 0 Å². The van der Waals surface area contributed by atoms with Crippen LogP contribution in [0.2, 0.25) is 0 Å². The van der Waals surface area contributed by atoms with E-state index < -0.39 is 6.29 Å². The molecule has 0 bridgehead atoms. The zero-order chi connectivity index (χ0) is 13.8. The van der Waals surface area contributed by atoms with E-state index in [0.717, 1.165) is 6.42 Å². The van der Waals surface area contributed by atoms with Crippen LogP contribution < -0.4 is 0 Å². The molecule has 1 atom stereocenters. The molecule has 1 rings (SSSR count). The third-order valence-corrected chi connectivity index (χ3v) is 3.39. The van der Waals surface area contributed by atoms with E-state index in [4.69, 9.17) is 9.47 Å². The lowest BCUT2D eigenvalue weighted by Crippen LogP contribution is -2.18. The third-order valence-electron chi connectivity index (χ3n) is 3.39. The van der Waals surface area contributed by atoms with E-state index in [0.29, 0.717) is 5.56 Å². The maximum Gasteiger partial charge on any atom is 0.340 e. The first kappa shape index (κ1) is 14.7. The number of carbonyl (C=O) groups is 1. The smallest absolute Gasteiger partial charge is 0.340 e. The highest BCUT2D eigenvalue weighted by Crippen LogP contribution is 2.26. The van der Waals surface area contributed by atoms with Gasteiger partial charge in [0.15, 0.2) is 6.29 Å². The summed E-state index contributed by atoms with van der Waals surface area (Å²) in [4.78, 5) is 11.7. The predicted octanol–water partition coefficient (Wildman–Crippen LogP) is 3.52. The largest absolute Gasteiger partial charge is 0.432 e. The van der Waals surface area contributed by atoms with Crippen molar-refractivity contribution in [3.05, 3.63) is 35.4 Å². The predicted molar refractivity (Wildman–Crippen MR) is 71.6 cm³/mol. The number of methoxy groups -OCH3 is 1. The van der Waals surface area contributed by atoms with Crippen molar-refractivity contribution in [3.63, 3.8) is 0 Å². The van der Waals surface area contributed by atoms with Crippen LogP contribution in [-0.4, -0.2) is 19.4 Å². The summed E-state index contributed by atoms with van der Waals surface area (Å²) in [5, 5.41) is 0. The molecule has 0 saturated heterocycles. The SMILES string of the molecule is CCC(C)(C)c1ccc(C(=O)OC(C)OC)cc1. The minimum atomic E-state index is -0.524. The van der Waals surface area contributed by atoms with Crippen molar-refractivity contribution in [1.82, 2.24) is 0 Å². The fraction of sp³-hybridized carbons (Fsp3) is 0.533. The Morgan fingerprint density at radius 1 is 1.28 bits per heavy atom. The molecular formula is C15H22O3. The Balaban J connectivity index is 2.80. The van der Waals surface area contributed by atoms with Crippen LogP contribution in [-0.2, 0) is 14.9 Å². The number of hydrogen-bond donors (Lipinski definition) is 0. The van der Waals surface area contributed by atoms with Gasteiger partial charge in [0.2, 0.25) is 0 Å². The second-order valence-corrected chi connectivity index (χ2v) is 5.02. The van der Waals surface area contributed by atoms with Gasteiger partial charge in [0, 0.05) is 7.11 Å². The number of carbonyl (C=O) groups excluding carboxylic acids is 1. The lowest BCUT2D eigenvalue weighted by atomic mass is 9.82. The summed E-state index contributed by atoms with van der Waals surface area (Å²) in [5.74, 6) is -0.356. The Bertz CT molecular complexity index is 393. The summed E-state index contributed by atoms with van der Waals surface area (Å²) in [5.41, 5.74) is 1.90. The first-order chi connectivity index (χ1) is 8.40. The topological polar surface area (TPSA) is 35.5 Å². The lowest BCUT2D eigenvalue weighted by Gasteiger charge is -2.23. The van der Waals surface area contributed by atoms with Gasteiger partial charge >= 0.3 is 5.97 Å². The van der Waals surface area contributed by atoms with Crippen LogP contribution in [0.4, 0.5) is 0 Å². The quantitative estimate of drug-likeness (QED) is 0.592. The molecular weight excluding hydrogens is 228 g/mol. The van der Waals surface area contributed by atoms with Crippen molar-refractivity contribution in [2.75, 3.05) is 7.11 Å². The fourth-order valence-electron chi connectivity index (χ4n) is 1.53. The second kappa shape index (κ2) is 6.01. The average Bonchev–Trinajstić information content (AvgIpc) is 2.38. The van der Waals surface area contributed by atoms with Gasteiger partial charge in [0.05, 0.1) is 5.56 Å². The standard InChI is InChI=1S/C15H22O3/c1-6-15(3,4)13-9-7-12(8-10-13)14(16)18-11(2)17-5/h7-11H,6H2,1-5H3. The molecule has 3 heteroatoms. The van der Waals surface area contributed by atoms with Crippen LogP contribution >= 0.6 is 0 Å². The van der Waals surface area contributed by atoms with Gasteiger partial charge in [-0.2, -0.15) is 0 Å². The summed E-state index contributed by atoms with van der Waals surface area (Å²) in [7, 11) is 1.50. The Kier molecular flexibility index (Phi) is 4.91. The van der Waals surface area contributed by atoms with Crippen molar-refractivity contribution in [1.29, 1.82) is 0 Å². The average molecular weight is 250 g/mol. The van der Waals surface area contributed by atoms with Gasteiger partial charge in [-0.25, -0.2) is 4.79 Å². The molecule has 0 N–H and O–H groups in total. The second-order valence-electron chi connectivity index (χ2n) is 5.02. The van der Waals surface area contributed by atoms with E-state index in [-0.39, 0.29) is 11.4 Å². The van der Waals surface area contributed by atoms with Crippen LogP contribution in [0.3, 0.4) is 0 Å². The Morgan fingerprint density at radius 3 is 2.28 bits per heavy atom. The highest BCUT2D eigenvalue weighted by molar-refractivity contribution is 5.89. The molecule has 100 valence electrons. The number of esters is 1. The molecule has 0 aliphatic rings. The monoisotopic (exact) mass is 250 g/mol. The Hall–Kier alpha value is -1.35. The van der Waals surface area contributed by atoms with Crippen molar-refractivity contribution >= 4 is 5.97 Å². The molecule has 0 spiro atoms. The molecule has 0 aliphatic carbocycles. The normalized spacial score (nSPS) is 13.2. The summed E-state index contributed by atoms with van der Waals surface area (Å²) in [6.45, 7) is 8.22. The molecule has 3 nitrogen and oxygen atoms in total. The van der Waals surface area contributed by atoms with Crippen molar-refractivity contribution < 1.29 is 14.3 Å². The van der Waals surface area contributed by atoms with Gasteiger partial charge in [0.25, 0.3) is 0 Å². The first-order valence-corrected chi connectivity index (χ1v) is 6.25. The summed E-state index contributed by atoms with van der Waals surface area (Å²) >= 11 is 0. The van der Waals surface area contributed by atoms with Crippen molar-refractivity contribution in [2.45, 2.75) is 45.8 Å². The third kappa shape index (κ3) is 3.57. The van der Waals surface area contributed by atoms with Gasteiger partial charge in [-0.05, 0) is 36.5 Å². The molecule has 0 saturated carbocycles. The number of ether oxygens (including phenoxy) is 2. The van der Waals surface area contributed by atoms with Crippen molar-refractivity contribution in [3.8, 4) is 0 Å². The molecule has 0 heterocycles. The molecule has 0 fully saturated rings. The lowest BCUT2D eigenvalue weighted by molar-refractivity contribution is -0.0773. The van der Waals surface area contributed by atoms with Gasteiger partial charge in [-0.3, -0.25) is 0 Å². The molecule has 1 aromatic carbocycles. The van der Waals surface area contributed by atoms with E-state index in [9.17, 15) is 4.79 Å². The van der Waals surface area contributed by atoms with E-state index in [1.54, 1.807) is 19.1 Å². The number of hydrogen-bond acceptors (Lipinski definition) is 3. The molecule has 1 aromatic rings. The molecule has 0 aliphatic heterocycles. The van der Waals surface area contributed by atoms with E-state index in [1.807, 2.05) is 12.1 Å². The Labute approximate surface area is 109 Å². The van der Waals surface area contributed by atoms with Gasteiger partial charge in [-0.15, -0.1) is 0 Å². The molecule has 0 aromatic heterocycles. The summed E-state index contributed by atoms with van der Waals surface area (Å²) in [6, 6.07) is 7.57. The highest BCUT2D eigenvalue weighted by Gasteiger charge is 2.18. The molecule has 0 radical (unpaired) electrons. The summed E-state index contributed by atoms with van der Waals surface area (Å²) < 4.78 is 9.97. The summed E-state index contributed by atoms with van der Waals surface area (Å²) in [6.07, 6.45) is 0.529. The molecule has 1 unspecified atom stereocenters. The van der Waals surface area contributed by atoms with Crippen LogP contribution in [0.5, 0.6) is 0 Å².